The van der Waals surface area contributed by atoms with Crippen molar-refractivity contribution in [3.05, 3.63) is 23.3 Å². The summed E-state index contributed by atoms with van der Waals surface area (Å²) in [6, 6.07) is 3.11. The number of aliphatic hydroxyl groups excluding tert-OH is 7. The van der Waals surface area contributed by atoms with Gasteiger partial charge in [-0.2, -0.15) is 0 Å². The van der Waals surface area contributed by atoms with E-state index in [-0.39, 0.29) is 49.3 Å². The van der Waals surface area contributed by atoms with Gasteiger partial charge in [-0.15, -0.1) is 0 Å². The first-order valence-corrected chi connectivity index (χ1v) is 24.8. The number of phenols is 1. The van der Waals surface area contributed by atoms with Crippen LogP contribution in [0.3, 0.4) is 0 Å². The zero-order valence-corrected chi connectivity index (χ0v) is 40.7. The normalized spacial score (nSPS) is 40.4. The summed E-state index contributed by atoms with van der Waals surface area (Å²) in [5.41, 5.74) is -0.643. The van der Waals surface area contributed by atoms with Gasteiger partial charge in [0.1, 0.15) is 98.7 Å². The molecule has 2 saturated carbocycles. The number of methoxy groups -OCH3 is 2. The van der Waals surface area contributed by atoms with Gasteiger partial charge in [-0.1, -0.05) is 6.07 Å². The average molecular weight is 1060 g/mol. The van der Waals surface area contributed by atoms with Crippen LogP contribution in [0.1, 0.15) is 43.2 Å². The van der Waals surface area contributed by atoms with E-state index in [1.54, 1.807) is 6.07 Å². The molecular formula is C47H66N2O25. The minimum atomic E-state index is -2.05. The third-order valence-electron chi connectivity index (χ3n) is 15.6. The number of ketones is 1. The molecule has 1 spiro atoms. The molecule has 1 aromatic rings. The van der Waals surface area contributed by atoms with Gasteiger partial charge in [0.15, 0.2) is 42.3 Å². The lowest BCUT2D eigenvalue weighted by atomic mass is 9.48. The minimum Gasteiger partial charge on any atom is -0.504 e. The van der Waals surface area contributed by atoms with Gasteiger partial charge >= 0.3 is 12.1 Å². The molecule has 9 rings (SSSR count). The van der Waals surface area contributed by atoms with E-state index in [9.17, 15) is 60.0 Å². The number of amides is 1. The maximum atomic E-state index is 13.8. The molecule has 19 atom stereocenters. The van der Waals surface area contributed by atoms with E-state index in [2.05, 4.69) is 10.2 Å². The van der Waals surface area contributed by atoms with Gasteiger partial charge in [-0.05, 0) is 56.2 Å². The van der Waals surface area contributed by atoms with Crippen LogP contribution < -0.4 is 10.1 Å². The molecule has 74 heavy (non-hydrogen) atoms. The van der Waals surface area contributed by atoms with Crippen LogP contribution in [-0.4, -0.2) is 258 Å². The quantitative estimate of drug-likeness (QED) is 0.0411. The molecule has 10 N–H and O–H groups in total. The Bertz CT molecular complexity index is 2190. The number of aliphatic hydroxyl groups is 7. The van der Waals surface area contributed by atoms with Crippen LogP contribution in [0.15, 0.2) is 12.1 Å². The number of rotatable bonds is 21. The molecule has 1 aromatic carbocycles. The molecule has 15 unspecified atom stereocenters. The Balaban J connectivity index is 0.840. The number of likely N-dealkylation sites (tertiary alicyclic amines) is 1. The Morgan fingerprint density at radius 3 is 2.04 bits per heavy atom. The fourth-order valence-corrected chi connectivity index (χ4v) is 12.0. The highest BCUT2D eigenvalue weighted by Gasteiger charge is 2.76. The largest absolute Gasteiger partial charge is 0.508 e. The van der Waals surface area contributed by atoms with E-state index in [0.29, 0.717) is 30.9 Å². The Kier molecular flexibility index (Phi) is 16.7. The highest BCUT2D eigenvalue weighted by atomic mass is 16.8. The molecular weight excluding hydrogens is 993 g/mol. The van der Waals surface area contributed by atoms with Crippen molar-refractivity contribution in [1.29, 1.82) is 0 Å². The molecule has 27 nitrogen and oxygen atoms in total. The number of phenolic OH excluding ortho intramolecular Hbond substituents is 1. The number of carbonyl (C=O) groups excluding carboxylic acids is 3. The third kappa shape index (κ3) is 10.2. The number of piperidine rings is 1. The Morgan fingerprint density at radius 1 is 0.797 bits per heavy atom. The first kappa shape index (κ1) is 54.8. The molecule has 27 heteroatoms. The zero-order chi connectivity index (χ0) is 52.8. The monoisotopic (exact) mass is 1060 g/mol. The summed E-state index contributed by atoms with van der Waals surface area (Å²) in [5.74, 6) is -1.53. The predicted molar refractivity (Wildman–Crippen MR) is 239 cm³/mol. The van der Waals surface area contributed by atoms with Crippen LogP contribution in [0.5, 0.6) is 11.5 Å². The number of hydrogen-bond donors (Lipinski definition) is 10. The molecule has 5 aliphatic heterocycles. The first-order valence-electron chi connectivity index (χ1n) is 24.8. The third-order valence-corrected chi connectivity index (χ3v) is 15.6. The standard InChI is InChI=1S/C47H66N2O25/c1-63-38-24(15-50)68-43(35(60)31(38)56)72-40-26(70-44(36(61)33(40)58)73-39-25(17-66-19-29(54)55)69-42(64-2)34(59)32(39)57)16-65-18-28(53)48-10-12-67-45(62)74-47-8-7-23(52)41-46(47)9-11-49(14-20-3-4-20)27(47)13-21-5-6-22(51)37(71-41)30(21)46/h5-6,20,24-27,31-36,38-44,50-51,56-61H,3-4,7-19H2,1-2H3,(H,48,53)(H,54,55)/t24?,25?,26?,27-,31?,32?,33?,34?,35?,36?,38?,39?,40?,41+,42?,43?,44?,46+,47-/m1/s1. The average Bonchev–Trinajstić information content (AvgIpc) is 4.12. The number of benzene rings is 1. The molecule has 2 bridgehead atoms. The zero-order valence-electron chi connectivity index (χ0n) is 40.7. The summed E-state index contributed by atoms with van der Waals surface area (Å²) < 4.78 is 68.4. The predicted octanol–water partition coefficient (Wildman–Crippen LogP) is -4.32. The Morgan fingerprint density at radius 2 is 1.42 bits per heavy atom. The molecule has 3 aliphatic carbocycles. The van der Waals surface area contributed by atoms with E-state index in [1.807, 2.05) is 6.07 Å². The van der Waals surface area contributed by atoms with E-state index in [1.165, 1.54) is 14.2 Å². The summed E-state index contributed by atoms with van der Waals surface area (Å²) in [7, 11) is 2.39. The summed E-state index contributed by atoms with van der Waals surface area (Å²) in [6.07, 6.45) is -23.4. The van der Waals surface area contributed by atoms with Gasteiger partial charge in [-0.3, -0.25) is 14.5 Å². The molecule has 5 heterocycles. The van der Waals surface area contributed by atoms with Gasteiger partial charge < -0.3 is 108 Å². The number of Topliss-reactive ketones (excluding diaryl/α,β-unsaturated/α-hetero) is 1. The summed E-state index contributed by atoms with van der Waals surface area (Å²) in [6.45, 7) is -2.41. The van der Waals surface area contributed by atoms with Gasteiger partial charge in [0.2, 0.25) is 5.91 Å². The molecule has 0 radical (unpaired) electrons. The number of hydrogen-bond acceptors (Lipinski definition) is 25. The van der Waals surface area contributed by atoms with Crippen molar-refractivity contribution in [1.82, 2.24) is 10.2 Å². The Labute approximate surface area is 423 Å². The number of ether oxygens (including phenoxy) is 12. The van der Waals surface area contributed by atoms with E-state index in [4.69, 9.17) is 61.9 Å². The smallest absolute Gasteiger partial charge is 0.504 e. The van der Waals surface area contributed by atoms with Crippen LogP contribution in [0, 0.1) is 5.92 Å². The lowest BCUT2D eigenvalue weighted by Crippen LogP contribution is -2.77. The second kappa shape index (κ2) is 22.5. The summed E-state index contributed by atoms with van der Waals surface area (Å²) in [4.78, 5) is 54.0. The SMILES string of the molecule is COC1OC(COCC(=O)O)C(OC2OC(COCC(=O)NCCOC(=O)O[C@@]34CCC(=O)[C@@H]5Oc6c(O)ccc7c6[C@@]53CCN(CC3CC3)[C@@H]4C7)C(OC3OC(CO)C(OC)C(O)C3O)C(O)C2O)C(O)C1O. The van der Waals surface area contributed by atoms with Crippen molar-refractivity contribution >= 4 is 23.8 Å². The number of carboxylic acid groups (broad SMARTS) is 1. The highest BCUT2D eigenvalue weighted by molar-refractivity contribution is 5.90. The van der Waals surface area contributed by atoms with Crippen LogP contribution >= 0.6 is 0 Å². The number of carbonyl (C=O) groups is 4. The van der Waals surface area contributed by atoms with Crippen LogP contribution in [0.2, 0.25) is 0 Å². The molecule has 414 valence electrons. The second-order valence-electron chi connectivity index (χ2n) is 20.0. The lowest BCUT2D eigenvalue weighted by molar-refractivity contribution is -0.379. The fraction of sp³-hybridized carbons (Fsp3) is 0.787. The molecule has 8 aliphatic rings. The van der Waals surface area contributed by atoms with Crippen molar-refractivity contribution in [3.8, 4) is 11.5 Å². The van der Waals surface area contributed by atoms with Crippen molar-refractivity contribution in [2.45, 2.75) is 154 Å². The molecule has 1 amide bonds. The van der Waals surface area contributed by atoms with Crippen LogP contribution in [-0.2, 0) is 78.3 Å². The van der Waals surface area contributed by atoms with Gasteiger partial charge in [0.25, 0.3) is 0 Å². The minimum absolute atomic E-state index is 0.0854. The van der Waals surface area contributed by atoms with E-state index >= 15 is 0 Å². The summed E-state index contributed by atoms with van der Waals surface area (Å²) >= 11 is 0. The second-order valence-corrected chi connectivity index (χ2v) is 20.0. The lowest BCUT2D eigenvalue weighted by Gasteiger charge is -2.63. The molecule has 4 saturated heterocycles. The highest BCUT2D eigenvalue weighted by Crippen LogP contribution is 2.66. The van der Waals surface area contributed by atoms with Crippen LogP contribution in [0.25, 0.3) is 0 Å². The molecule has 0 aromatic heterocycles. The van der Waals surface area contributed by atoms with Crippen molar-refractivity contribution in [2.24, 2.45) is 5.92 Å². The first-order chi connectivity index (χ1) is 35.5. The number of carboxylic acids is 1. The van der Waals surface area contributed by atoms with Gasteiger partial charge in [0, 0.05) is 32.7 Å². The topological polar surface area (TPSA) is 376 Å². The number of aliphatic carboxylic acids is 1. The van der Waals surface area contributed by atoms with Crippen molar-refractivity contribution in [3.63, 3.8) is 0 Å². The summed E-state index contributed by atoms with van der Waals surface area (Å²) in [5, 5.41) is 98.9. The van der Waals surface area contributed by atoms with E-state index < -0.39 is 160 Å². The number of aromatic hydroxyl groups is 1. The fourth-order valence-electron chi connectivity index (χ4n) is 12.0. The van der Waals surface area contributed by atoms with Crippen molar-refractivity contribution < 1.29 is 122 Å². The van der Waals surface area contributed by atoms with Crippen LogP contribution in [0.4, 0.5) is 4.79 Å². The number of nitrogens with zero attached hydrogens (tertiary/aromatic N) is 1. The maximum absolute atomic E-state index is 13.8. The number of nitrogens with one attached hydrogen (secondary N) is 1. The molecule has 6 fully saturated rings. The van der Waals surface area contributed by atoms with Gasteiger partial charge in [-0.25, -0.2) is 9.59 Å². The maximum Gasteiger partial charge on any atom is 0.508 e. The Hall–Kier alpha value is -3.98. The van der Waals surface area contributed by atoms with Crippen molar-refractivity contribution in [2.75, 3.05) is 73.5 Å². The van der Waals surface area contributed by atoms with Gasteiger partial charge in [0.05, 0.1) is 37.8 Å². The van der Waals surface area contributed by atoms with E-state index in [0.717, 1.165) is 24.9 Å².